The molecule has 1 amide bonds. The average molecular weight is 401 g/mol. The lowest BCUT2D eigenvalue weighted by atomic mass is 10.1. The van der Waals surface area contributed by atoms with Crippen LogP contribution in [0.4, 0.5) is 0 Å². The average Bonchev–Trinajstić information content (AvgIpc) is 3.47. The van der Waals surface area contributed by atoms with E-state index < -0.39 is 0 Å². The molecular formula is C22H19N5O3. The number of carbonyl (C=O) groups is 1. The number of nitrogens with zero attached hydrogens (tertiary/aromatic N) is 5. The predicted molar refractivity (Wildman–Crippen MR) is 110 cm³/mol. The Labute approximate surface area is 171 Å². The lowest BCUT2D eigenvalue weighted by Crippen LogP contribution is -2.35. The fraction of sp³-hybridized carbons (Fsp3) is 0.227. The Balaban J connectivity index is 1.50. The molecule has 0 bridgehead atoms. The van der Waals surface area contributed by atoms with Gasteiger partial charge in [-0.2, -0.15) is 0 Å². The maximum absolute atomic E-state index is 13.2. The molecule has 4 heterocycles. The second kappa shape index (κ2) is 7.22. The van der Waals surface area contributed by atoms with Crippen molar-refractivity contribution in [2.75, 3.05) is 6.54 Å². The van der Waals surface area contributed by atoms with Crippen LogP contribution in [-0.2, 0) is 7.05 Å². The zero-order valence-corrected chi connectivity index (χ0v) is 16.4. The van der Waals surface area contributed by atoms with Gasteiger partial charge >= 0.3 is 0 Å². The van der Waals surface area contributed by atoms with Gasteiger partial charge in [0.15, 0.2) is 11.5 Å². The number of fused-ring (bicyclic) bond motifs is 1. The minimum Gasteiger partial charge on any atom is -0.355 e. The molecule has 8 heteroatoms. The van der Waals surface area contributed by atoms with Gasteiger partial charge in [0.05, 0.1) is 16.9 Å². The highest BCUT2D eigenvalue weighted by atomic mass is 16.5. The standard InChI is InChI=1S/C22H19N5O3/c1-26-20(24-16-8-3-2-7-15(16)21(26)28)18-9-5-11-27(18)22(29)17-12-19(30-25-17)14-6-4-10-23-13-14/h2-4,6-8,10,12-13,18H,5,9,11H2,1H3. The fourth-order valence-corrected chi connectivity index (χ4v) is 3.98. The minimum atomic E-state index is -0.293. The van der Waals surface area contributed by atoms with Gasteiger partial charge in [-0.05, 0) is 37.1 Å². The molecule has 5 rings (SSSR count). The summed E-state index contributed by atoms with van der Waals surface area (Å²) >= 11 is 0. The van der Waals surface area contributed by atoms with Crippen LogP contribution in [0.25, 0.3) is 22.2 Å². The maximum Gasteiger partial charge on any atom is 0.276 e. The van der Waals surface area contributed by atoms with Crippen molar-refractivity contribution in [2.24, 2.45) is 7.05 Å². The van der Waals surface area contributed by atoms with E-state index in [2.05, 4.69) is 10.1 Å². The third kappa shape index (κ3) is 2.97. The van der Waals surface area contributed by atoms with E-state index >= 15 is 0 Å². The van der Waals surface area contributed by atoms with Crippen LogP contribution in [0.15, 0.2) is 64.2 Å². The number of rotatable bonds is 3. The Morgan fingerprint density at radius 1 is 1.20 bits per heavy atom. The highest BCUT2D eigenvalue weighted by Gasteiger charge is 2.35. The van der Waals surface area contributed by atoms with Crippen LogP contribution in [-0.4, -0.2) is 37.0 Å². The van der Waals surface area contributed by atoms with Gasteiger partial charge in [-0.15, -0.1) is 0 Å². The molecule has 0 saturated carbocycles. The summed E-state index contributed by atoms with van der Waals surface area (Å²) in [6.07, 6.45) is 4.88. The predicted octanol–water partition coefficient (Wildman–Crippen LogP) is 2.96. The second-order valence-corrected chi connectivity index (χ2v) is 7.33. The summed E-state index contributed by atoms with van der Waals surface area (Å²) in [5.41, 5.74) is 1.50. The first-order valence-corrected chi connectivity index (χ1v) is 9.77. The summed E-state index contributed by atoms with van der Waals surface area (Å²) in [5.74, 6) is 0.831. The van der Waals surface area contributed by atoms with Gasteiger partial charge < -0.3 is 9.42 Å². The summed E-state index contributed by atoms with van der Waals surface area (Å²) in [7, 11) is 1.70. The SMILES string of the molecule is Cn1c(C2CCCN2C(=O)c2cc(-c3cccnc3)on2)nc2ccccc2c1=O. The second-order valence-electron chi connectivity index (χ2n) is 7.33. The number of pyridine rings is 1. The van der Waals surface area contributed by atoms with Gasteiger partial charge in [-0.3, -0.25) is 19.1 Å². The molecule has 150 valence electrons. The van der Waals surface area contributed by atoms with Crippen molar-refractivity contribution in [3.05, 3.63) is 76.7 Å². The number of amides is 1. The third-order valence-electron chi connectivity index (χ3n) is 5.50. The highest BCUT2D eigenvalue weighted by molar-refractivity contribution is 5.93. The first-order chi connectivity index (χ1) is 14.6. The molecular weight excluding hydrogens is 382 g/mol. The van der Waals surface area contributed by atoms with Crippen LogP contribution in [0.1, 0.15) is 35.2 Å². The van der Waals surface area contributed by atoms with Crippen molar-refractivity contribution in [2.45, 2.75) is 18.9 Å². The van der Waals surface area contributed by atoms with Gasteiger partial charge in [0.2, 0.25) is 0 Å². The highest BCUT2D eigenvalue weighted by Crippen LogP contribution is 2.32. The number of benzene rings is 1. The quantitative estimate of drug-likeness (QED) is 0.524. The van der Waals surface area contributed by atoms with Crippen molar-refractivity contribution in [3.8, 4) is 11.3 Å². The molecule has 1 saturated heterocycles. The molecule has 1 fully saturated rings. The van der Waals surface area contributed by atoms with Crippen LogP contribution in [0.2, 0.25) is 0 Å². The molecule has 0 aliphatic carbocycles. The first-order valence-electron chi connectivity index (χ1n) is 9.77. The smallest absolute Gasteiger partial charge is 0.276 e. The van der Waals surface area contributed by atoms with Crippen molar-refractivity contribution in [1.29, 1.82) is 0 Å². The van der Waals surface area contributed by atoms with E-state index in [4.69, 9.17) is 9.51 Å². The van der Waals surface area contributed by atoms with Crippen molar-refractivity contribution < 1.29 is 9.32 Å². The number of carbonyl (C=O) groups excluding carboxylic acids is 1. The van der Waals surface area contributed by atoms with Crippen LogP contribution in [0, 0.1) is 0 Å². The maximum atomic E-state index is 13.2. The third-order valence-corrected chi connectivity index (χ3v) is 5.50. The Kier molecular flexibility index (Phi) is 4.39. The Bertz CT molecular complexity index is 1300. The normalized spacial score (nSPS) is 16.3. The molecule has 0 spiro atoms. The first kappa shape index (κ1) is 18.2. The molecule has 1 aromatic carbocycles. The Morgan fingerprint density at radius 2 is 2.07 bits per heavy atom. The number of hydrogen-bond acceptors (Lipinski definition) is 6. The van der Waals surface area contributed by atoms with Crippen LogP contribution in [0.3, 0.4) is 0 Å². The summed E-state index contributed by atoms with van der Waals surface area (Å²) in [4.78, 5) is 36.5. The van der Waals surface area contributed by atoms with E-state index in [9.17, 15) is 9.59 Å². The molecule has 30 heavy (non-hydrogen) atoms. The number of aromatic nitrogens is 4. The van der Waals surface area contributed by atoms with Crippen LogP contribution in [0.5, 0.6) is 0 Å². The molecule has 1 aliphatic heterocycles. The van der Waals surface area contributed by atoms with E-state index in [0.717, 1.165) is 18.4 Å². The summed E-state index contributed by atoms with van der Waals surface area (Å²) in [6.45, 7) is 0.571. The van der Waals surface area contributed by atoms with Crippen LogP contribution < -0.4 is 5.56 Å². The van der Waals surface area contributed by atoms with Gasteiger partial charge in [-0.1, -0.05) is 17.3 Å². The lowest BCUT2D eigenvalue weighted by Gasteiger charge is -2.25. The van der Waals surface area contributed by atoms with E-state index in [1.165, 1.54) is 0 Å². The Morgan fingerprint density at radius 3 is 2.90 bits per heavy atom. The molecule has 1 unspecified atom stereocenters. The van der Waals surface area contributed by atoms with Crippen LogP contribution >= 0.6 is 0 Å². The van der Waals surface area contributed by atoms with E-state index in [-0.39, 0.29) is 23.2 Å². The van der Waals surface area contributed by atoms with Crippen molar-refractivity contribution in [3.63, 3.8) is 0 Å². The zero-order chi connectivity index (χ0) is 20.7. The number of likely N-dealkylation sites (tertiary alicyclic amines) is 1. The van der Waals surface area contributed by atoms with Gasteiger partial charge in [-0.25, -0.2) is 4.98 Å². The minimum absolute atomic E-state index is 0.116. The molecule has 3 aromatic heterocycles. The van der Waals surface area contributed by atoms with Gasteiger partial charge in [0.1, 0.15) is 5.82 Å². The van der Waals surface area contributed by atoms with E-state index in [1.807, 2.05) is 24.3 Å². The summed E-state index contributed by atoms with van der Waals surface area (Å²) in [6, 6.07) is 12.2. The molecule has 1 aliphatic rings. The monoisotopic (exact) mass is 401 g/mol. The molecule has 1 atom stereocenters. The molecule has 0 N–H and O–H groups in total. The van der Waals surface area contributed by atoms with Gasteiger partial charge in [0.25, 0.3) is 11.5 Å². The van der Waals surface area contributed by atoms with E-state index in [1.54, 1.807) is 47.1 Å². The number of para-hydroxylation sites is 1. The summed E-state index contributed by atoms with van der Waals surface area (Å²) < 4.78 is 6.91. The van der Waals surface area contributed by atoms with Crippen molar-refractivity contribution >= 4 is 16.8 Å². The van der Waals surface area contributed by atoms with Crippen molar-refractivity contribution in [1.82, 2.24) is 24.6 Å². The zero-order valence-electron chi connectivity index (χ0n) is 16.4. The molecule has 4 aromatic rings. The molecule has 0 radical (unpaired) electrons. The fourth-order valence-electron chi connectivity index (χ4n) is 3.98. The molecule has 8 nitrogen and oxygen atoms in total. The van der Waals surface area contributed by atoms with E-state index in [0.29, 0.717) is 29.0 Å². The number of hydrogen-bond donors (Lipinski definition) is 0. The topological polar surface area (TPSA) is 94.1 Å². The largest absolute Gasteiger partial charge is 0.355 e. The Hall–Kier alpha value is -3.81. The summed E-state index contributed by atoms with van der Waals surface area (Å²) in [5, 5.41) is 4.54. The van der Waals surface area contributed by atoms with Gasteiger partial charge in [0, 0.05) is 37.6 Å². The lowest BCUT2D eigenvalue weighted by molar-refractivity contribution is 0.0717.